The summed E-state index contributed by atoms with van der Waals surface area (Å²) in [5.41, 5.74) is 3.02. The number of hydrogen-bond donors (Lipinski definition) is 2. The Balaban J connectivity index is 1.92. The minimum Gasteiger partial charge on any atom is -0.598 e. The number of fused-ring (bicyclic) bond motifs is 1. The third-order valence-electron chi connectivity index (χ3n) is 4.90. The van der Waals surface area contributed by atoms with Crippen molar-refractivity contribution in [2.45, 2.75) is 50.8 Å². The van der Waals surface area contributed by atoms with Crippen molar-refractivity contribution in [1.29, 1.82) is 0 Å². The molecule has 0 aromatic heterocycles. The molecule has 1 heterocycles. The van der Waals surface area contributed by atoms with Crippen LogP contribution in [0.1, 0.15) is 50.8 Å². The van der Waals surface area contributed by atoms with E-state index in [0.29, 0.717) is 0 Å². The van der Waals surface area contributed by atoms with Crippen LogP contribution in [0.25, 0.3) is 0 Å². The summed E-state index contributed by atoms with van der Waals surface area (Å²) >= 11 is -1.03. The van der Waals surface area contributed by atoms with E-state index in [1.807, 2.05) is 20.8 Å². The zero-order valence-electron chi connectivity index (χ0n) is 13.2. The smallest absolute Gasteiger partial charge is 0.136 e. The lowest BCUT2D eigenvalue weighted by Gasteiger charge is -2.40. The van der Waals surface area contributed by atoms with Gasteiger partial charge in [0, 0.05) is 16.8 Å². The Kier molecular flexibility index (Phi) is 4.08. The lowest BCUT2D eigenvalue weighted by atomic mass is 9.73. The molecule has 1 aliphatic carbocycles. The molecule has 116 valence electrons. The number of benzene rings is 1. The summed E-state index contributed by atoms with van der Waals surface area (Å²) in [6, 6.07) is 8.89. The van der Waals surface area contributed by atoms with Gasteiger partial charge in [0.05, 0.1) is 6.04 Å². The predicted molar refractivity (Wildman–Crippen MR) is 88.5 cm³/mol. The van der Waals surface area contributed by atoms with E-state index in [1.54, 1.807) is 0 Å². The standard InChI is InChI=1S/C17H26N2OS/c1-16(2,3)21(20)19-15-14-7-5-4-6-13(14)12-17(15)8-10-18-11-9-17/h4-7,15,18-19H,8-12H2,1-3H3/t15-,21?/m1/s1. The second-order valence-electron chi connectivity index (χ2n) is 7.42. The highest BCUT2D eigenvalue weighted by molar-refractivity contribution is 7.90. The Hall–Kier alpha value is -0.550. The summed E-state index contributed by atoms with van der Waals surface area (Å²) in [5, 5.41) is 3.46. The SMILES string of the molecule is CC(C)(C)[S+]([O-])N[C@@H]1c2ccccc2CC12CCNCC2. The summed E-state index contributed by atoms with van der Waals surface area (Å²) < 4.78 is 15.9. The molecular weight excluding hydrogens is 280 g/mol. The third kappa shape index (κ3) is 2.87. The van der Waals surface area contributed by atoms with Gasteiger partial charge >= 0.3 is 0 Å². The van der Waals surface area contributed by atoms with Crippen LogP contribution in [0.4, 0.5) is 0 Å². The van der Waals surface area contributed by atoms with Gasteiger partial charge in [-0.1, -0.05) is 24.3 Å². The molecule has 0 saturated carbocycles. The van der Waals surface area contributed by atoms with Crippen LogP contribution in [0, 0.1) is 5.41 Å². The van der Waals surface area contributed by atoms with E-state index in [-0.39, 0.29) is 16.2 Å². The van der Waals surface area contributed by atoms with Gasteiger partial charge in [-0.25, -0.2) is 0 Å². The second-order valence-corrected chi connectivity index (χ2v) is 9.42. The molecule has 2 N–H and O–H groups in total. The molecule has 0 bridgehead atoms. The maximum atomic E-state index is 12.6. The molecule has 1 spiro atoms. The fraction of sp³-hybridized carbons (Fsp3) is 0.647. The van der Waals surface area contributed by atoms with Crippen molar-refractivity contribution in [1.82, 2.24) is 10.0 Å². The minimum atomic E-state index is -1.03. The zero-order valence-corrected chi connectivity index (χ0v) is 14.1. The monoisotopic (exact) mass is 306 g/mol. The molecule has 4 heteroatoms. The second kappa shape index (κ2) is 5.58. The molecule has 1 aromatic carbocycles. The van der Waals surface area contributed by atoms with Crippen LogP contribution in [0.3, 0.4) is 0 Å². The topological polar surface area (TPSA) is 47.1 Å². The molecule has 0 radical (unpaired) electrons. The van der Waals surface area contributed by atoms with Gasteiger partial charge in [0.15, 0.2) is 0 Å². The van der Waals surface area contributed by atoms with Crippen molar-refractivity contribution in [3.8, 4) is 0 Å². The van der Waals surface area contributed by atoms with Crippen LogP contribution in [-0.2, 0) is 17.8 Å². The van der Waals surface area contributed by atoms with Gasteiger partial charge in [0.25, 0.3) is 0 Å². The lowest BCUT2D eigenvalue weighted by Crippen LogP contribution is -2.48. The van der Waals surface area contributed by atoms with E-state index >= 15 is 0 Å². The first-order valence-corrected chi connectivity index (χ1v) is 9.04. The van der Waals surface area contributed by atoms with Gasteiger partial charge in [-0.05, 0) is 64.3 Å². The molecule has 1 aromatic rings. The number of rotatable bonds is 2. The molecule has 1 unspecified atom stereocenters. The average Bonchev–Trinajstić information content (AvgIpc) is 2.72. The van der Waals surface area contributed by atoms with Crippen LogP contribution < -0.4 is 10.0 Å². The van der Waals surface area contributed by atoms with Crippen molar-refractivity contribution in [2.75, 3.05) is 13.1 Å². The number of nitrogens with one attached hydrogen (secondary N) is 2. The number of piperidine rings is 1. The maximum absolute atomic E-state index is 12.6. The van der Waals surface area contributed by atoms with Crippen LogP contribution >= 0.6 is 0 Å². The Morgan fingerprint density at radius 1 is 1.24 bits per heavy atom. The molecule has 0 amide bonds. The van der Waals surface area contributed by atoms with E-state index in [1.165, 1.54) is 11.1 Å². The molecular formula is C17H26N2OS. The van der Waals surface area contributed by atoms with E-state index < -0.39 is 11.4 Å². The fourth-order valence-corrected chi connectivity index (χ4v) is 4.60. The average molecular weight is 306 g/mol. The van der Waals surface area contributed by atoms with Crippen LogP contribution in [0.15, 0.2) is 24.3 Å². The predicted octanol–water partition coefficient (Wildman–Crippen LogP) is 2.71. The highest BCUT2D eigenvalue weighted by Crippen LogP contribution is 2.51. The fourth-order valence-electron chi connectivity index (χ4n) is 3.65. The summed E-state index contributed by atoms with van der Waals surface area (Å²) in [6.45, 7) is 8.23. The summed E-state index contributed by atoms with van der Waals surface area (Å²) in [7, 11) is 0. The van der Waals surface area contributed by atoms with E-state index in [9.17, 15) is 4.55 Å². The Morgan fingerprint density at radius 3 is 2.57 bits per heavy atom. The first kappa shape index (κ1) is 15.3. The van der Waals surface area contributed by atoms with Crippen molar-refractivity contribution < 1.29 is 4.55 Å². The maximum Gasteiger partial charge on any atom is 0.136 e. The quantitative estimate of drug-likeness (QED) is 0.826. The van der Waals surface area contributed by atoms with E-state index in [4.69, 9.17) is 0 Å². The molecule has 2 aliphatic rings. The van der Waals surface area contributed by atoms with Gasteiger partial charge in [0.1, 0.15) is 4.75 Å². The van der Waals surface area contributed by atoms with Gasteiger partial charge in [0.2, 0.25) is 0 Å². The van der Waals surface area contributed by atoms with E-state index in [2.05, 4.69) is 34.3 Å². The first-order chi connectivity index (χ1) is 9.92. The molecule has 3 nitrogen and oxygen atoms in total. The van der Waals surface area contributed by atoms with Crippen molar-refractivity contribution in [3.63, 3.8) is 0 Å². The highest BCUT2D eigenvalue weighted by atomic mass is 32.2. The Bertz CT molecular complexity index is 506. The van der Waals surface area contributed by atoms with E-state index in [0.717, 1.165) is 32.4 Å². The molecule has 1 aliphatic heterocycles. The molecule has 1 saturated heterocycles. The third-order valence-corrected chi connectivity index (χ3v) is 6.46. The lowest BCUT2D eigenvalue weighted by molar-refractivity contribution is 0.163. The summed E-state index contributed by atoms with van der Waals surface area (Å²) in [4.78, 5) is 0. The van der Waals surface area contributed by atoms with Crippen molar-refractivity contribution in [3.05, 3.63) is 35.4 Å². The molecule has 1 fully saturated rings. The summed E-state index contributed by atoms with van der Waals surface area (Å²) in [6.07, 6.45) is 3.42. The van der Waals surface area contributed by atoms with Crippen LogP contribution in [-0.4, -0.2) is 22.4 Å². The highest BCUT2D eigenvalue weighted by Gasteiger charge is 2.49. The van der Waals surface area contributed by atoms with Crippen LogP contribution in [0.5, 0.6) is 0 Å². The Morgan fingerprint density at radius 2 is 1.90 bits per heavy atom. The van der Waals surface area contributed by atoms with Crippen molar-refractivity contribution >= 4 is 11.4 Å². The molecule has 3 rings (SSSR count). The van der Waals surface area contributed by atoms with Gasteiger partial charge in [-0.15, -0.1) is 4.72 Å². The van der Waals surface area contributed by atoms with Gasteiger partial charge in [-0.3, -0.25) is 0 Å². The summed E-state index contributed by atoms with van der Waals surface area (Å²) in [5.74, 6) is 0. The Labute approximate surface area is 131 Å². The van der Waals surface area contributed by atoms with Crippen molar-refractivity contribution in [2.24, 2.45) is 5.41 Å². The molecule has 2 atom stereocenters. The van der Waals surface area contributed by atoms with Crippen LogP contribution in [0.2, 0.25) is 0 Å². The number of hydrogen-bond acceptors (Lipinski definition) is 3. The normalized spacial score (nSPS) is 25.8. The largest absolute Gasteiger partial charge is 0.598 e. The van der Waals surface area contributed by atoms with Gasteiger partial charge in [-0.2, -0.15) is 0 Å². The zero-order chi connectivity index (χ0) is 15.1. The minimum absolute atomic E-state index is 0.218. The first-order valence-electron chi connectivity index (χ1n) is 7.89. The van der Waals surface area contributed by atoms with Gasteiger partial charge < -0.3 is 9.87 Å². The molecule has 21 heavy (non-hydrogen) atoms.